The van der Waals surface area contributed by atoms with E-state index in [0.29, 0.717) is 12.1 Å². The molecule has 1 rings (SSSR count). The number of hydrogen-bond donors (Lipinski definition) is 2. The summed E-state index contributed by atoms with van der Waals surface area (Å²) in [4.78, 5) is 10.9. The van der Waals surface area contributed by atoms with E-state index in [1.807, 2.05) is 6.92 Å². The molecule has 104 valence electrons. The van der Waals surface area contributed by atoms with Crippen molar-refractivity contribution in [2.75, 3.05) is 5.32 Å². The van der Waals surface area contributed by atoms with E-state index in [9.17, 15) is 18.0 Å². The van der Waals surface area contributed by atoms with Gasteiger partial charge in [-0.1, -0.05) is 6.08 Å². The maximum Gasteiger partial charge on any atom is 0.417 e. The molecule has 1 aromatic carbocycles. The zero-order valence-electron chi connectivity index (χ0n) is 10.3. The van der Waals surface area contributed by atoms with Crippen LogP contribution in [0, 0.1) is 0 Å². The van der Waals surface area contributed by atoms with E-state index in [0.717, 1.165) is 12.1 Å². The number of aromatic carboxylic acids is 1. The summed E-state index contributed by atoms with van der Waals surface area (Å²) in [7, 11) is 0. The minimum absolute atomic E-state index is 0.0455. The van der Waals surface area contributed by atoms with Crippen LogP contribution < -0.4 is 5.32 Å². The van der Waals surface area contributed by atoms with Crippen molar-refractivity contribution in [2.45, 2.75) is 25.6 Å². The molecule has 1 atom stereocenters. The Morgan fingerprint density at radius 3 is 2.63 bits per heavy atom. The third kappa shape index (κ3) is 4.01. The fraction of sp³-hybridized carbons (Fsp3) is 0.308. The van der Waals surface area contributed by atoms with Crippen LogP contribution in [0.3, 0.4) is 0 Å². The van der Waals surface area contributed by atoms with Gasteiger partial charge < -0.3 is 10.4 Å². The van der Waals surface area contributed by atoms with Crippen molar-refractivity contribution >= 4 is 11.7 Å². The molecule has 0 fully saturated rings. The van der Waals surface area contributed by atoms with Crippen LogP contribution in [0.4, 0.5) is 18.9 Å². The van der Waals surface area contributed by atoms with Crippen LogP contribution in [0.2, 0.25) is 0 Å². The van der Waals surface area contributed by atoms with Gasteiger partial charge in [-0.2, -0.15) is 13.2 Å². The van der Waals surface area contributed by atoms with Gasteiger partial charge in [0.2, 0.25) is 0 Å². The summed E-state index contributed by atoms with van der Waals surface area (Å²) < 4.78 is 37.9. The molecule has 1 aromatic rings. The van der Waals surface area contributed by atoms with Gasteiger partial charge in [0, 0.05) is 11.7 Å². The molecule has 0 aromatic heterocycles. The summed E-state index contributed by atoms with van der Waals surface area (Å²) in [5.41, 5.74) is -1.58. The van der Waals surface area contributed by atoms with Crippen molar-refractivity contribution in [1.82, 2.24) is 0 Å². The van der Waals surface area contributed by atoms with E-state index >= 15 is 0 Å². The molecule has 0 spiro atoms. The van der Waals surface area contributed by atoms with Crippen molar-refractivity contribution in [3.05, 3.63) is 42.0 Å². The van der Waals surface area contributed by atoms with Gasteiger partial charge in [0.25, 0.3) is 0 Å². The maximum atomic E-state index is 12.6. The van der Waals surface area contributed by atoms with Gasteiger partial charge in [-0.05, 0) is 31.5 Å². The zero-order valence-corrected chi connectivity index (χ0v) is 10.3. The first-order valence-corrected chi connectivity index (χ1v) is 5.57. The van der Waals surface area contributed by atoms with Crippen LogP contribution in [0.25, 0.3) is 0 Å². The van der Waals surface area contributed by atoms with Crippen molar-refractivity contribution in [1.29, 1.82) is 0 Å². The van der Waals surface area contributed by atoms with E-state index in [2.05, 4.69) is 11.9 Å². The number of hydrogen-bond acceptors (Lipinski definition) is 2. The highest BCUT2D eigenvalue weighted by Crippen LogP contribution is 2.33. The molecule has 0 aliphatic heterocycles. The monoisotopic (exact) mass is 273 g/mol. The predicted molar refractivity (Wildman–Crippen MR) is 66.3 cm³/mol. The minimum Gasteiger partial charge on any atom is -0.478 e. The second-order valence-electron chi connectivity index (χ2n) is 4.13. The number of alkyl halides is 3. The number of carboxylic acid groups (broad SMARTS) is 1. The van der Waals surface area contributed by atoms with Crippen molar-refractivity contribution < 1.29 is 23.1 Å². The van der Waals surface area contributed by atoms with Crippen molar-refractivity contribution in [3.8, 4) is 0 Å². The molecule has 0 bridgehead atoms. The molecule has 3 nitrogen and oxygen atoms in total. The first-order valence-electron chi connectivity index (χ1n) is 5.57. The van der Waals surface area contributed by atoms with E-state index in [-0.39, 0.29) is 6.04 Å². The Morgan fingerprint density at radius 1 is 1.53 bits per heavy atom. The summed E-state index contributed by atoms with van der Waals surface area (Å²) >= 11 is 0. The Labute approximate surface area is 108 Å². The van der Waals surface area contributed by atoms with Gasteiger partial charge >= 0.3 is 12.1 Å². The highest BCUT2D eigenvalue weighted by atomic mass is 19.4. The first-order chi connectivity index (χ1) is 8.75. The van der Waals surface area contributed by atoms with Crippen LogP contribution in [0.15, 0.2) is 30.9 Å². The summed E-state index contributed by atoms with van der Waals surface area (Å²) in [5.74, 6) is -1.60. The largest absolute Gasteiger partial charge is 0.478 e. The minimum atomic E-state index is -4.68. The Balaban J connectivity index is 3.10. The third-order valence-corrected chi connectivity index (χ3v) is 2.49. The van der Waals surface area contributed by atoms with Crippen LogP contribution in [-0.4, -0.2) is 17.1 Å². The lowest BCUT2D eigenvalue weighted by Gasteiger charge is -2.16. The third-order valence-electron chi connectivity index (χ3n) is 2.49. The lowest BCUT2D eigenvalue weighted by molar-refractivity contribution is -0.138. The second-order valence-corrected chi connectivity index (χ2v) is 4.13. The van der Waals surface area contributed by atoms with E-state index < -0.39 is 23.3 Å². The van der Waals surface area contributed by atoms with Gasteiger partial charge in [0.1, 0.15) is 0 Å². The van der Waals surface area contributed by atoms with Gasteiger partial charge in [-0.15, -0.1) is 6.58 Å². The highest BCUT2D eigenvalue weighted by Gasteiger charge is 2.35. The molecular formula is C13H14F3NO2. The lowest BCUT2D eigenvalue weighted by atomic mass is 10.1. The smallest absolute Gasteiger partial charge is 0.417 e. The van der Waals surface area contributed by atoms with Crippen LogP contribution >= 0.6 is 0 Å². The molecule has 0 heterocycles. The molecule has 0 radical (unpaired) electrons. The molecular weight excluding hydrogens is 259 g/mol. The van der Waals surface area contributed by atoms with E-state index in [1.54, 1.807) is 6.08 Å². The average Bonchev–Trinajstić information content (AvgIpc) is 2.27. The second kappa shape index (κ2) is 5.77. The van der Waals surface area contributed by atoms with Gasteiger partial charge in [0.15, 0.2) is 0 Å². The molecule has 19 heavy (non-hydrogen) atoms. The fourth-order valence-corrected chi connectivity index (χ4v) is 1.65. The normalized spacial score (nSPS) is 12.8. The number of nitrogens with one attached hydrogen (secondary N) is 1. The summed E-state index contributed by atoms with van der Waals surface area (Å²) in [6, 6.07) is 2.93. The summed E-state index contributed by atoms with van der Waals surface area (Å²) in [5, 5.41) is 11.8. The topological polar surface area (TPSA) is 49.3 Å². The van der Waals surface area contributed by atoms with Crippen molar-refractivity contribution in [3.63, 3.8) is 0 Å². The number of carbonyl (C=O) groups is 1. The molecule has 0 aliphatic rings. The van der Waals surface area contributed by atoms with Gasteiger partial charge in [-0.25, -0.2) is 4.79 Å². The fourth-order valence-electron chi connectivity index (χ4n) is 1.65. The Hall–Kier alpha value is -1.98. The van der Waals surface area contributed by atoms with Gasteiger partial charge in [0.05, 0.1) is 11.1 Å². The predicted octanol–water partition coefficient (Wildman–Crippen LogP) is 3.78. The molecule has 0 saturated heterocycles. The molecule has 2 N–H and O–H groups in total. The Bertz CT molecular complexity index is 483. The number of halogens is 3. The first kappa shape index (κ1) is 15.1. The standard InChI is InChI=1S/C13H14F3NO2/c1-3-4-8(2)17-9-5-6-11(13(14,15)16)10(7-9)12(18)19/h3,5-8,17H,1,4H2,2H3,(H,18,19). The molecule has 6 heteroatoms. The number of rotatable bonds is 5. The Kier molecular flexibility index (Phi) is 4.58. The molecule has 1 unspecified atom stereocenters. The lowest BCUT2D eigenvalue weighted by Crippen LogP contribution is -2.17. The molecule has 0 aliphatic carbocycles. The SMILES string of the molecule is C=CCC(C)Nc1ccc(C(F)(F)F)c(C(=O)O)c1. The van der Waals surface area contributed by atoms with Gasteiger partial charge in [-0.3, -0.25) is 0 Å². The Morgan fingerprint density at radius 2 is 2.16 bits per heavy atom. The molecule has 0 amide bonds. The van der Waals surface area contributed by atoms with E-state index in [1.165, 1.54) is 6.07 Å². The quantitative estimate of drug-likeness (QED) is 0.803. The highest BCUT2D eigenvalue weighted by molar-refractivity contribution is 5.91. The summed E-state index contributed by atoms with van der Waals surface area (Å²) in [6.45, 7) is 5.37. The van der Waals surface area contributed by atoms with E-state index in [4.69, 9.17) is 5.11 Å². The number of benzene rings is 1. The van der Waals surface area contributed by atoms with Crippen LogP contribution in [0.5, 0.6) is 0 Å². The number of anilines is 1. The molecule has 0 saturated carbocycles. The summed E-state index contributed by atoms with van der Waals surface area (Å²) in [6.07, 6.45) is -2.40. The zero-order chi connectivity index (χ0) is 14.6. The maximum absolute atomic E-state index is 12.6. The van der Waals surface area contributed by atoms with Crippen LogP contribution in [-0.2, 0) is 6.18 Å². The van der Waals surface area contributed by atoms with Crippen LogP contribution in [0.1, 0.15) is 29.3 Å². The van der Waals surface area contributed by atoms with Crippen molar-refractivity contribution in [2.24, 2.45) is 0 Å². The number of carboxylic acids is 1. The average molecular weight is 273 g/mol.